The fraction of sp³-hybridized carbons (Fsp3) is 0.625. The summed E-state index contributed by atoms with van der Waals surface area (Å²) in [6, 6.07) is 0. The zero-order valence-corrected chi connectivity index (χ0v) is 7.58. The summed E-state index contributed by atoms with van der Waals surface area (Å²) in [4.78, 5) is 18.7. The van der Waals surface area contributed by atoms with Crippen LogP contribution in [0.5, 0.6) is 0 Å². The van der Waals surface area contributed by atoms with Gasteiger partial charge in [-0.15, -0.1) is 6.58 Å². The summed E-state index contributed by atoms with van der Waals surface area (Å²) in [6.45, 7) is 7.40. The van der Waals surface area contributed by atoms with Crippen LogP contribution >= 0.6 is 0 Å². The molecule has 0 spiro atoms. The van der Waals surface area contributed by atoms with E-state index in [4.69, 9.17) is 0 Å². The van der Waals surface area contributed by atoms with Gasteiger partial charge in [-0.1, -0.05) is 5.57 Å². The predicted octanol–water partition coefficient (Wildman–Crippen LogP) is 1.82. The lowest BCUT2D eigenvalue weighted by Crippen LogP contribution is -1.99. The van der Waals surface area contributed by atoms with Crippen LogP contribution in [0.25, 0.3) is 0 Å². The summed E-state index contributed by atoms with van der Waals surface area (Å²) in [5.41, 5.74) is 1.17. The Morgan fingerprint density at radius 1 is 1.58 bits per heavy atom. The van der Waals surface area contributed by atoms with Gasteiger partial charge in [0.1, 0.15) is 6.29 Å². The fourth-order valence-corrected chi connectivity index (χ4v) is 0.304. The second-order valence-electron chi connectivity index (χ2n) is 2.57. The van der Waals surface area contributed by atoms with E-state index in [1.807, 2.05) is 13.8 Å². The Balaban J connectivity index is 0. The van der Waals surface area contributed by atoms with Gasteiger partial charge in [0.2, 0.25) is 6.54 Å². The molecule has 0 atom stereocenters. The van der Waals surface area contributed by atoms with Crippen LogP contribution in [0.15, 0.2) is 12.2 Å². The molecule has 0 fully saturated rings. The van der Waals surface area contributed by atoms with E-state index in [0.717, 1.165) is 0 Å². The largest absolute Gasteiger partial charge is 0.303 e. The monoisotopic (exact) mass is 173 g/mol. The van der Waals surface area contributed by atoms with Crippen LogP contribution in [0.1, 0.15) is 26.7 Å². The normalized spacial score (nSPS) is 7.83. The molecule has 0 aliphatic heterocycles. The van der Waals surface area contributed by atoms with Crippen molar-refractivity contribution in [3.63, 3.8) is 0 Å². The molecule has 0 unspecified atom stereocenters. The van der Waals surface area contributed by atoms with Gasteiger partial charge in [0.25, 0.3) is 0 Å². The van der Waals surface area contributed by atoms with Crippen LogP contribution in [-0.2, 0) is 4.79 Å². The van der Waals surface area contributed by atoms with Crippen molar-refractivity contribution in [1.82, 2.24) is 0 Å². The molecule has 0 saturated carbocycles. The molecule has 0 aromatic carbocycles. The lowest BCUT2D eigenvalue weighted by atomic mass is 10.3. The number of unbranched alkanes of at least 4 members (excludes halogenated alkanes) is 1. The standard InChI is InChI=1S/C4H7NO3.C4H8/c6-4-2-1-3-5(7)8;1-4(2)3/h4H,1-3H2;1H2,2-3H3. The third kappa shape index (κ3) is 37.0. The van der Waals surface area contributed by atoms with Crippen LogP contribution in [0.3, 0.4) is 0 Å². The van der Waals surface area contributed by atoms with Gasteiger partial charge < -0.3 is 4.79 Å². The summed E-state index contributed by atoms with van der Waals surface area (Å²) in [6.07, 6.45) is 1.33. The highest BCUT2D eigenvalue weighted by molar-refractivity contribution is 5.48. The zero-order valence-electron chi connectivity index (χ0n) is 7.58. The molecule has 0 rings (SSSR count). The second kappa shape index (κ2) is 9.81. The lowest BCUT2D eigenvalue weighted by molar-refractivity contribution is -0.480. The van der Waals surface area contributed by atoms with E-state index < -0.39 is 4.92 Å². The minimum Gasteiger partial charge on any atom is -0.303 e. The number of nitrogens with zero attached hydrogens (tertiary/aromatic N) is 1. The maximum Gasteiger partial charge on any atom is 0.204 e. The summed E-state index contributed by atoms with van der Waals surface area (Å²) in [7, 11) is 0. The van der Waals surface area contributed by atoms with Crippen molar-refractivity contribution >= 4 is 6.29 Å². The molecule has 0 bridgehead atoms. The fourth-order valence-electron chi connectivity index (χ4n) is 0.304. The number of aldehydes is 1. The van der Waals surface area contributed by atoms with Crippen molar-refractivity contribution < 1.29 is 9.72 Å². The quantitative estimate of drug-likeness (QED) is 0.214. The second-order valence-corrected chi connectivity index (χ2v) is 2.57. The third-order valence-corrected chi connectivity index (χ3v) is 0.663. The van der Waals surface area contributed by atoms with E-state index in [-0.39, 0.29) is 6.54 Å². The van der Waals surface area contributed by atoms with Crippen LogP contribution in [0.2, 0.25) is 0 Å². The Morgan fingerprint density at radius 2 is 2.00 bits per heavy atom. The average Bonchev–Trinajstić information content (AvgIpc) is 1.86. The van der Waals surface area contributed by atoms with Crippen molar-refractivity contribution in [2.24, 2.45) is 0 Å². The van der Waals surface area contributed by atoms with E-state index in [9.17, 15) is 14.9 Å². The minimum absolute atomic E-state index is 0.0985. The Kier molecular flexibility index (Phi) is 11.0. The Hall–Kier alpha value is -1.19. The Morgan fingerprint density at radius 3 is 2.25 bits per heavy atom. The van der Waals surface area contributed by atoms with Crippen molar-refractivity contribution in [2.75, 3.05) is 6.54 Å². The number of allylic oxidation sites excluding steroid dienone is 1. The first-order valence-corrected chi connectivity index (χ1v) is 3.68. The van der Waals surface area contributed by atoms with Gasteiger partial charge in [-0.2, -0.15) is 0 Å². The van der Waals surface area contributed by atoms with Gasteiger partial charge in [-0.05, 0) is 13.8 Å². The maximum absolute atomic E-state index is 9.56. The van der Waals surface area contributed by atoms with E-state index in [2.05, 4.69) is 6.58 Å². The van der Waals surface area contributed by atoms with E-state index in [1.165, 1.54) is 5.57 Å². The van der Waals surface area contributed by atoms with Crippen LogP contribution in [0.4, 0.5) is 0 Å². The SMILES string of the molecule is C=C(C)C.O=CCCC[N+](=O)[O-]. The van der Waals surface area contributed by atoms with Gasteiger partial charge in [-0.25, -0.2) is 0 Å². The average molecular weight is 173 g/mol. The molecule has 4 nitrogen and oxygen atoms in total. The van der Waals surface area contributed by atoms with Crippen LogP contribution in [0, 0.1) is 10.1 Å². The van der Waals surface area contributed by atoms with Gasteiger partial charge >= 0.3 is 0 Å². The molecule has 0 saturated heterocycles. The zero-order chi connectivity index (χ0) is 9.98. The molecule has 0 aromatic heterocycles. The van der Waals surface area contributed by atoms with Gasteiger partial charge in [0, 0.05) is 17.8 Å². The molecule has 12 heavy (non-hydrogen) atoms. The highest BCUT2D eigenvalue weighted by atomic mass is 16.6. The first-order chi connectivity index (χ1) is 5.50. The van der Waals surface area contributed by atoms with E-state index >= 15 is 0 Å². The summed E-state index contributed by atoms with van der Waals surface area (Å²) in [5.74, 6) is 0. The molecule has 0 N–H and O–H groups in total. The molecule has 4 heteroatoms. The van der Waals surface area contributed by atoms with Crippen LogP contribution < -0.4 is 0 Å². The number of carbonyl (C=O) groups is 1. The summed E-state index contributed by atoms with van der Waals surface area (Å²) < 4.78 is 0. The van der Waals surface area contributed by atoms with Crippen molar-refractivity contribution in [3.05, 3.63) is 22.3 Å². The van der Waals surface area contributed by atoms with Gasteiger partial charge in [0.15, 0.2) is 0 Å². The molecule has 0 aromatic rings. The number of rotatable bonds is 4. The summed E-state index contributed by atoms with van der Waals surface area (Å²) in [5, 5.41) is 9.56. The van der Waals surface area contributed by atoms with Crippen molar-refractivity contribution in [1.29, 1.82) is 0 Å². The molecule has 0 radical (unpaired) electrons. The first-order valence-electron chi connectivity index (χ1n) is 3.68. The Labute approximate surface area is 72.4 Å². The Bertz CT molecular complexity index is 150. The first kappa shape index (κ1) is 13.4. The van der Waals surface area contributed by atoms with Crippen LogP contribution in [-0.4, -0.2) is 17.8 Å². The highest BCUT2D eigenvalue weighted by Gasteiger charge is 1.92. The molecule has 0 amide bonds. The minimum atomic E-state index is -0.427. The van der Waals surface area contributed by atoms with E-state index in [1.54, 1.807) is 0 Å². The molecule has 0 aliphatic rings. The number of nitro groups is 1. The molecule has 0 aliphatic carbocycles. The third-order valence-electron chi connectivity index (χ3n) is 0.663. The topological polar surface area (TPSA) is 60.2 Å². The number of hydrogen-bond donors (Lipinski definition) is 0. The molecular formula is C8H15NO3. The predicted molar refractivity (Wildman–Crippen MR) is 47.6 cm³/mol. The maximum atomic E-state index is 9.56. The van der Waals surface area contributed by atoms with Gasteiger partial charge in [-0.3, -0.25) is 10.1 Å². The molecule has 70 valence electrons. The van der Waals surface area contributed by atoms with Gasteiger partial charge in [0.05, 0.1) is 0 Å². The highest BCUT2D eigenvalue weighted by Crippen LogP contribution is 1.82. The molecule has 0 heterocycles. The number of carbonyl (C=O) groups excluding carboxylic acids is 1. The van der Waals surface area contributed by atoms with E-state index in [0.29, 0.717) is 19.1 Å². The number of hydrogen-bond acceptors (Lipinski definition) is 3. The summed E-state index contributed by atoms with van der Waals surface area (Å²) >= 11 is 0. The smallest absolute Gasteiger partial charge is 0.204 e. The van der Waals surface area contributed by atoms with Crippen molar-refractivity contribution in [3.8, 4) is 0 Å². The lowest BCUT2D eigenvalue weighted by Gasteiger charge is -1.84. The van der Waals surface area contributed by atoms with Crippen molar-refractivity contribution in [2.45, 2.75) is 26.7 Å². The molecular weight excluding hydrogens is 158 g/mol.